The second-order valence-corrected chi connectivity index (χ2v) is 36.8. The average molecular weight is 2040 g/mol. The summed E-state index contributed by atoms with van der Waals surface area (Å²) in [6.07, 6.45) is 0. The van der Waals surface area contributed by atoms with Crippen LogP contribution < -0.4 is 70.8 Å². The Balaban J connectivity index is 0.000000114. The Morgan fingerprint density at radius 1 is 0.333 bits per heavy atom. The Hall–Kier alpha value is -17.3. The molecule has 0 atom stereocenters. The van der Waals surface area contributed by atoms with Crippen molar-refractivity contribution in [3.8, 4) is 29.3 Å². The van der Waals surface area contributed by atoms with Crippen molar-refractivity contribution in [1.82, 2.24) is 99.3 Å². The van der Waals surface area contributed by atoms with Crippen molar-refractivity contribution in [3.63, 3.8) is 0 Å². The molecular formula is C108H114ClFN32O8. The fourth-order valence-electron chi connectivity index (χ4n) is 17.4. The summed E-state index contributed by atoms with van der Waals surface area (Å²) in [5.41, 5.74) is 21.4. The van der Waals surface area contributed by atoms with E-state index in [-0.39, 0.29) is 28.9 Å². The van der Waals surface area contributed by atoms with Gasteiger partial charge in [0.05, 0.1) is 66.1 Å². The van der Waals surface area contributed by atoms with Crippen molar-refractivity contribution in [1.29, 1.82) is 0 Å². The van der Waals surface area contributed by atoms with E-state index in [1.807, 2.05) is 167 Å². The Bertz CT molecular complexity index is 7730. The lowest BCUT2D eigenvalue weighted by atomic mass is 10.2. The van der Waals surface area contributed by atoms with Gasteiger partial charge in [-0.25, -0.2) is 9.37 Å². The molecule has 0 unspecified atom stereocenters. The van der Waals surface area contributed by atoms with Crippen LogP contribution in [0.25, 0.3) is 55.8 Å². The number of halogens is 2. The molecule has 24 rings (SSSR count). The van der Waals surface area contributed by atoms with Crippen LogP contribution in [0, 0.1) is 54.3 Å². The van der Waals surface area contributed by atoms with Gasteiger partial charge < -0.3 is 120 Å². The number of rotatable bonds is 23. The van der Waals surface area contributed by atoms with Gasteiger partial charge in [-0.15, -0.1) is 0 Å². The van der Waals surface area contributed by atoms with Crippen molar-refractivity contribution >= 4 is 178 Å². The summed E-state index contributed by atoms with van der Waals surface area (Å²) in [6.45, 7) is 28.3. The summed E-state index contributed by atoms with van der Waals surface area (Å²) in [5, 5.41) is 29.7. The number of aryl methyl sites for hydroxylation is 8. The first-order chi connectivity index (χ1) is 73.1. The van der Waals surface area contributed by atoms with E-state index in [0.717, 1.165) is 160 Å². The zero-order valence-electron chi connectivity index (χ0n) is 84.3. The number of benzene rings is 9. The number of imidazole rings is 5. The molecule has 0 spiro atoms. The zero-order chi connectivity index (χ0) is 103. The highest BCUT2D eigenvalue weighted by atomic mass is 35.5. The molecule has 768 valence electrons. The molecule has 19 aromatic rings. The Morgan fingerprint density at radius 2 is 0.673 bits per heavy atom. The second kappa shape index (κ2) is 46.2. The Morgan fingerprint density at radius 3 is 1.07 bits per heavy atom. The van der Waals surface area contributed by atoms with Gasteiger partial charge in [0, 0.05) is 125 Å². The first kappa shape index (κ1) is 100. The summed E-state index contributed by atoms with van der Waals surface area (Å²) in [4.78, 5) is 95.6. The van der Waals surface area contributed by atoms with Crippen molar-refractivity contribution in [2.24, 2.45) is 7.05 Å². The van der Waals surface area contributed by atoms with Crippen LogP contribution in [0.1, 0.15) is 38.9 Å². The predicted octanol–water partition coefficient (Wildman–Crippen LogP) is 19.4. The molecule has 150 heavy (non-hydrogen) atoms. The molecule has 11 N–H and O–H groups in total. The molecule has 5 aliphatic heterocycles. The maximum Gasteiger partial charge on any atom is 0.326 e. The van der Waals surface area contributed by atoms with Gasteiger partial charge >= 0.3 is 12.0 Å². The fraction of sp³-hybridized carbons (Fsp3) is 0.269. The SMILES string of the molecule is Cc1ccc(Oc2nc(N3CCOCC3)c3[nH]c(Nc4cccc(C)c4)nc3n2)cc1.Cc1cccc(Nc2nc3c(N4CCOCC4)nc(N(C)c4cccc(C)c4)nc3n2C)c1.Cc1cccc(Nc2nc3nc(Cl)nc(N4CCOCC4)c3[nH]2)c1.Cc1cccc(Nc2nc3nc(Nc4cccc(O)c4)nc(N4CCOCC4)c3[nH]2)c1.Cc1cccc(Nc2nc3nc(Oc4ccc(F)cc4)nc(N4CCOCC4)c3[nH]2)c1. The number of aromatic nitrogens is 20. The molecule has 40 nitrogen and oxygen atoms in total. The number of phenols is 1. The number of nitrogens with zero attached hydrogens (tertiary/aromatic N) is 22. The third kappa shape index (κ3) is 25.0. The van der Waals surface area contributed by atoms with Crippen molar-refractivity contribution < 1.29 is 42.7 Å². The van der Waals surface area contributed by atoms with Gasteiger partial charge in [-0.2, -0.15) is 69.8 Å². The average Bonchev–Trinajstić information content (AvgIpc) is 1.61. The Kier molecular flexibility index (Phi) is 30.8. The van der Waals surface area contributed by atoms with E-state index in [9.17, 15) is 9.50 Å². The highest BCUT2D eigenvalue weighted by Gasteiger charge is 2.30. The van der Waals surface area contributed by atoms with E-state index in [4.69, 9.17) is 69.7 Å². The summed E-state index contributed by atoms with van der Waals surface area (Å²) in [7, 11) is 3.99. The molecular weight excluding hydrogens is 1930 g/mol. The number of hydrogen-bond acceptors (Lipinski definition) is 35. The van der Waals surface area contributed by atoms with Crippen LogP contribution in [0.4, 0.5) is 115 Å². The molecule has 42 heteroatoms. The number of aromatic amines is 4. The highest BCUT2D eigenvalue weighted by molar-refractivity contribution is 6.28. The first-order valence-electron chi connectivity index (χ1n) is 49.5. The highest BCUT2D eigenvalue weighted by Crippen LogP contribution is 2.39. The van der Waals surface area contributed by atoms with E-state index >= 15 is 0 Å². The normalized spacial score (nSPS) is 14.2. The quantitative estimate of drug-likeness (QED) is 0.0265. The van der Waals surface area contributed by atoms with Crippen molar-refractivity contribution in [2.45, 2.75) is 48.5 Å². The molecule has 9 aromatic carbocycles. The van der Waals surface area contributed by atoms with Gasteiger partial charge in [-0.1, -0.05) is 96.6 Å². The minimum absolute atomic E-state index is 0.147. The Labute approximate surface area is 868 Å². The van der Waals surface area contributed by atoms with Crippen molar-refractivity contribution in [2.75, 3.05) is 200 Å². The molecule has 0 amide bonds. The summed E-state index contributed by atoms with van der Waals surface area (Å²) in [5.74, 6) is 8.94. The minimum Gasteiger partial charge on any atom is -0.508 e. The third-order valence-corrected chi connectivity index (χ3v) is 25.1. The van der Waals surface area contributed by atoms with Crippen LogP contribution in [0.3, 0.4) is 0 Å². The zero-order valence-corrected chi connectivity index (χ0v) is 85.1. The molecule has 0 radical (unpaired) electrons. The summed E-state index contributed by atoms with van der Waals surface area (Å²) >= 11 is 6.08. The maximum atomic E-state index is 13.2. The van der Waals surface area contributed by atoms with Gasteiger partial charge in [-0.3, -0.25) is 4.57 Å². The van der Waals surface area contributed by atoms with Crippen molar-refractivity contribution in [3.05, 3.63) is 268 Å². The van der Waals surface area contributed by atoms with Crippen LogP contribution >= 0.6 is 11.6 Å². The number of hydrogen-bond donors (Lipinski definition) is 11. The molecule has 10 aromatic heterocycles. The number of fused-ring (bicyclic) bond motifs is 5. The summed E-state index contributed by atoms with van der Waals surface area (Å²) in [6, 6.07) is 69.7. The van der Waals surface area contributed by atoms with Crippen LogP contribution in [0.5, 0.6) is 29.3 Å². The number of aromatic hydroxyl groups is 1. The first-order valence-corrected chi connectivity index (χ1v) is 49.9. The molecule has 0 aliphatic carbocycles. The molecule has 15 heterocycles. The lowest BCUT2D eigenvalue weighted by Crippen LogP contribution is -2.37. The predicted molar refractivity (Wildman–Crippen MR) is 584 cm³/mol. The lowest BCUT2D eigenvalue weighted by molar-refractivity contribution is 0.122. The molecule has 0 bridgehead atoms. The number of anilines is 19. The maximum absolute atomic E-state index is 13.2. The van der Waals surface area contributed by atoms with E-state index in [1.165, 1.54) is 46.5 Å². The monoisotopic (exact) mass is 2040 g/mol. The van der Waals surface area contributed by atoms with Gasteiger partial charge in [0.25, 0.3) is 0 Å². The minimum atomic E-state index is -0.336. The van der Waals surface area contributed by atoms with E-state index < -0.39 is 0 Å². The van der Waals surface area contributed by atoms with Crippen LogP contribution in [0.15, 0.2) is 218 Å². The number of ether oxygens (including phenoxy) is 7. The van der Waals surface area contributed by atoms with Gasteiger partial charge in [-0.05, 0) is 215 Å². The van der Waals surface area contributed by atoms with E-state index in [1.54, 1.807) is 18.2 Å². The standard InChI is InChI=1S/C25H29N7O.C23H24N6O2.C22H21FN6O2.C22H23N7O2.C16H17ClN6O/c1-17-7-5-9-19(15-17)26-24-27-21-22(31(24)4)28-25(29-23(21)32-11-13-33-14-12-32)30(3)20-10-6-8-18(2)16-20;1-15-6-8-18(9-7-15)31-23-27-20-19(21(28-23)29-10-12-30-13-11-29)25-22(26-20)24-17-5-3-4-16(2)14-17;1-14-3-2-4-16(13-14)24-21-25-18-19(26-21)27-22(31-17-7-5-15(23)6-8-17)28-20(18)29-9-11-30-12-10-29;1-14-4-2-5-15(12-14)23-21-25-18-19(26-21)27-22(24-16-6-3-7-17(30)13-16)28-20(18)29-8-10-31-11-9-29;1-10-3-2-4-11(9-10)18-16-19-12-13(21-16)20-15(17)22-14(12)23-5-7-24-8-6-23/h5-10,15-16H,11-14H2,1-4H3,(H,26,27);3-9,14H,10-13H2,1-2H3,(H2,24,25,26,27,28);2-8,13H,9-12H2,1H3,(H2,24,25,26,27,28);2-7,12-13,30H,8-11H2,1H3,(H3,23,24,25,26,27,28);2-4,9H,5-8H2,1H3,(H2,18,19,20,21,22). The number of H-pyrrole nitrogens is 4. The number of morpholine rings is 5. The van der Waals surface area contributed by atoms with Crippen LogP contribution in [0.2, 0.25) is 5.28 Å². The number of nitrogens with one attached hydrogen (secondary N) is 10. The van der Waals surface area contributed by atoms with Gasteiger partial charge in [0.1, 0.15) is 45.1 Å². The van der Waals surface area contributed by atoms with Crippen LogP contribution in [-0.4, -0.2) is 243 Å². The lowest BCUT2D eigenvalue weighted by Gasteiger charge is -2.28. The summed E-state index contributed by atoms with van der Waals surface area (Å²) < 4.78 is 54.4. The topological polar surface area (TPSA) is 438 Å². The van der Waals surface area contributed by atoms with E-state index in [0.29, 0.717) is 166 Å². The number of phenolic OH excluding ortho intramolecular Hbond substituents is 1. The second-order valence-electron chi connectivity index (χ2n) is 36.5. The molecule has 5 fully saturated rings. The van der Waals surface area contributed by atoms with E-state index in [2.05, 4.69) is 208 Å². The molecule has 0 saturated carbocycles. The van der Waals surface area contributed by atoms with Gasteiger partial charge in [0.15, 0.2) is 62.8 Å². The fourth-order valence-corrected chi connectivity index (χ4v) is 17.6. The smallest absolute Gasteiger partial charge is 0.326 e. The largest absolute Gasteiger partial charge is 0.508 e. The molecule has 5 saturated heterocycles. The van der Waals surface area contributed by atoms with Crippen LogP contribution in [-0.2, 0) is 30.7 Å². The molecule has 5 aliphatic rings. The van der Waals surface area contributed by atoms with Gasteiger partial charge in [0.2, 0.25) is 46.9 Å². The third-order valence-electron chi connectivity index (χ3n) is 24.9.